The van der Waals surface area contributed by atoms with Crippen LogP contribution in [0.4, 0.5) is 0 Å². The van der Waals surface area contributed by atoms with Gasteiger partial charge in [0.25, 0.3) is 0 Å². The molecule has 0 aromatic rings. The SMILES string of the molecule is CC1=C(C(N)=NCCS(=O)NCC2(CO)CC2)CCCC1. The van der Waals surface area contributed by atoms with E-state index < -0.39 is 11.0 Å². The van der Waals surface area contributed by atoms with Gasteiger partial charge in [-0.05, 0) is 51.0 Å². The molecule has 2 aliphatic rings. The summed E-state index contributed by atoms with van der Waals surface area (Å²) in [6.07, 6.45) is 6.59. The number of aliphatic imine (C=N–C) groups is 1. The van der Waals surface area contributed by atoms with E-state index in [-0.39, 0.29) is 12.0 Å². The summed E-state index contributed by atoms with van der Waals surface area (Å²) >= 11 is 0. The van der Waals surface area contributed by atoms with E-state index in [9.17, 15) is 9.32 Å². The molecule has 1 unspecified atom stereocenters. The molecule has 2 aliphatic carbocycles. The monoisotopic (exact) mass is 313 g/mol. The average Bonchev–Trinajstić information content (AvgIpc) is 3.26. The molecule has 120 valence electrons. The van der Waals surface area contributed by atoms with Crippen molar-refractivity contribution in [2.24, 2.45) is 16.1 Å². The second kappa shape index (κ2) is 7.51. The van der Waals surface area contributed by atoms with E-state index in [4.69, 9.17) is 5.73 Å². The Bertz CT molecular complexity index is 456. The van der Waals surface area contributed by atoms with Gasteiger partial charge in [0.15, 0.2) is 0 Å². The molecule has 6 heteroatoms. The minimum Gasteiger partial charge on any atom is -0.396 e. The van der Waals surface area contributed by atoms with Gasteiger partial charge < -0.3 is 10.8 Å². The predicted octanol–water partition coefficient (Wildman–Crippen LogP) is 1.26. The number of nitrogens with two attached hydrogens (primary N) is 1. The van der Waals surface area contributed by atoms with Gasteiger partial charge in [-0.25, -0.2) is 8.93 Å². The molecule has 0 aromatic heterocycles. The van der Waals surface area contributed by atoms with Crippen LogP contribution in [0.5, 0.6) is 0 Å². The lowest BCUT2D eigenvalue weighted by molar-refractivity contribution is 0.213. The smallest absolute Gasteiger partial charge is 0.121 e. The third-order valence-electron chi connectivity index (χ3n) is 4.51. The molecule has 4 N–H and O–H groups in total. The van der Waals surface area contributed by atoms with Crippen molar-refractivity contribution in [1.29, 1.82) is 0 Å². The van der Waals surface area contributed by atoms with Gasteiger partial charge in [0, 0.05) is 18.6 Å². The Kier molecular flexibility index (Phi) is 5.96. The van der Waals surface area contributed by atoms with Gasteiger partial charge in [0.2, 0.25) is 0 Å². The number of nitrogens with one attached hydrogen (secondary N) is 1. The van der Waals surface area contributed by atoms with Gasteiger partial charge in [-0.15, -0.1) is 0 Å². The van der Waals surface area contributed by atoms with E-state index >= 15 is 0 Å². The van der Waals surface area contributed by atoms with E-state index in [0.29, 0.717) is 24.7 Å². The zero-order valence-electron chi connectivity index (χ0n) is 12.9. The summed E-state index contributed by atoms with van der Waals surface area (Å²) in [5, 5.41) is 9.20. The van der Waals surface area contributed by atoms with Gasteiger partial charge in [-0.3, -0.25) is 4.99 Å². The summed E-state index contributed by atoms with van der Waals surface area (Å²) in [5.74, 6) is 1.09. The highest BCUT2D eigenvalue weighted by molar-refractivity contribution is 7.83. The van der Waals surface area contributed by atoms with Gasteiger partial charge in [-0.2, -0.15) is 0 Å². The Morgan fingerprint density at radius 1 is 1.43 bits per heavy atom. The standard InChI is InChI=1S/C15H27N3O2S/c1-12-4-2-3-5-13(12)14(16)17-8-9-21(20)18-10-15(11-19)6-7-15/h18-19H,2-11H2,1H3,(H2,16,17). The molecular formula is C15H27N3O2S. The number of aliphatic hydroxyl groups excluding tert-OH is 1. The molecule has 1 saturated carbocycles. The van der Waals surface area contributed by atoms with Crippen LogP contribution in [0.1, 0.15) is 45.4 Å². The van der Waals surface area contributed by atoms with Crippen molar-refractivity contribution in [2.45, 2.75) is 45.4 Å². The van der Waals surface area contributed by atoms with Crippen LogP contribution < -0.4 is 10.5 Å². The van der Waals surface area contributed by atoms with Gasteiger partial charge in [0.05, 0.1) is 23.3 Å². The quantitative estimate of drug-likeness (QED) is 0.466. The zero-order chi connectivity index (χ0) is 15.3. The predicted molar refractivity (Wildman–Crippen MR) is 87.4 cm³/mol. The van der Waals surface area contributed by atoms with Crippen molar-refractivity contribution < 1.29 is 9.32 Å². The molecule has 21 heavy (non-hydrogen) atoms. The maximum Gasteiger partial charge on any atom is 0.121 e. The first-order valence-corrected chi connectivity index (χ1v) is 9.10. The van der Waals surface area contributed by atoms with Crippen LogP contribution in [-0.4, -0.2) is 40.6 Å². The molecule has 0 aromatic carbocycles. The van der Waals surface area contributed by atoms with E-state index in [1.807, 2.05) is 0 Å². The first kappa shape index (κ1) is 16.6. The summed E-state index contributed by atoms with van der Waals surface area (Å²) in [5.41, 5.74) is 8.57. The molecule has 0 heterocycles. The van der Waals surface area contributed by atoms with E-state index in [2.05, 4.69) is 16.6 Å². The van der Waals surface area contributed by atoms with Crippen molar-refractivity contribution in [3.8, 4) is 0 Å². The minimum atomic E-state index is -1.10. The Labute approximate surface area is 129 Å². The Morgan fingerprint density at radius 3 is 2.76 bits per heavy atom. The van der Waals surface area contributed by atoms with Crippen molar-refractivity contribution in [3.63, 3.8) is 0 Å². The lowest BCUT2D eigenvalue weighted by atomic mass is 9.92. The summed E-state index contributed by atoms with van der Waals surface area (Å²) < 4.78 is 14.8. The Morgan fingerprint density at radius 2 is 2.14 bits per heavy atom. The average molecular weight is 313 g/mol. The summed E-state index contributed by atoms with van der Waals surface area (Å²) in [7, 11) is -1.10. The Hall–Kier alpha value is -0.720. The molecule has 0 bridgehead atoms. The number of hydrogen-bond donors (Lipinski definition) is 3. The lowest BCUT2D eigenvalue weighted by Gasteiger charge is -2.17. The molecule has 0 spiro atoms. The molecule has 2 rings (SSSR count). The maximum absolute atomic E-state index is 11.9. The number of allylic oxidation sites excluding steroid dienone is 1. The molecule has 1 atom stereocenters. The molecule has 0 saturated heterocycles. The third-order valence-corrected chi connectivity index (χ3v) is 5.53. The van der Waals surface area contributed by atoms with Crippen LogP contribution in [0, 0.1) is 5.41 Å². The number of hydrogen-bond acceptors (Lipinski definition) is 3. The van der Waals surface area contributed by atoms with Crippen molar-refractivity contribution >= 4 is 16.8 Å². The van der Waals surface area contributed by atoms with Crippen LogP contribution in [0.25, 0.3) is 0 Å². The first-order chi connectivity index (χ1) is 10.1. The fraction of sp³-hybridized carbons (Fsp3) is 0.800. The highest BCUT2D eigenvalue weighted by atomic mass is 32.2. The molecular weight excluding hydrogens is 286 g/mol. The second-order valence-electron chi connectivity index (χ2n) is 6.26. The van der Waals surface area contributed by atoms with Crippen LogP contribution in [-0.2, 0) is 11.0 Å². The van der Waals surface area contributed by atoms with Crippen LogP contribution in [0.2, 0.25) is 0 Å². The number of aliphatic hydroxyl groups is 1. The van der Waals surface area contributed by atoms with Gasteiger partial charge in [-0.1, -0.05) is 5.57 Å². The zero-order valence-corrected chi connectivity index (χ0v) is 13.7. The fourth-order valence-electron chi connectivity index (χ4n) is 2.62. The van der Waals surface area contributed by atoms with E-state index in [0.717, 1.165) is 25.7 Å². The second-order valence-corrected chi connectivity index (χ2v) is 7.65. The molecule has 0 aliphatic heterocycles. The van der Waals surface area contributed by atoms with Crippen molar-refractivity contribution in [3.05, 3.63) is 11.1 Å². The largest absolute Gasteiger partial charge is 0.396 e. The maximum atomic E-state index is 11.9. The number of nitrogens with zero attached hydrogens (tertiary/aromatic N) is 1. The normalized spacial score (nSPS) is 23.2. The summed E-state index contributed by atoms with van der Waals surface area (Å²) in [6.45, 7) is 3.41. The molecule has 5 nitrogen and oxygen atoms in total. The topological polar surface area (TPSA) is 87.7 Å². The van der Waals surface area contributed by atoms with Crippen molar-refractivity contribution in [1.82, 2.24) is 4.72 Å². The van der Waals surface area contributed by atoms with Crippen LogP contribution in [0.15, 0.2) is 16.1 Å². The molecule has 0 amide bonds. The minimum absolute atomic E-state index is 0.0119. The summed E-state index contributed by atoms with van der Waals surface area (Å²) in [6, 6.07) is 0. The lowest BCUT2D eigenvalue weighted by Crippen LogP contribution is -2.30. The molecule has 1 fully saturated rings. The van der Waals surface area contributed by atoms with Crippen LogP contribution in [0.3, 0.4) is 0 Å². The first-order valence-electron chi connectivity index (χ1n) is 7.78. The summed E-state index contributed by atoms with van der Waals surface area (Å²) in [4.78, 5) is 4.37. The van der Waals surface area contributed by atoms with Crippen molar-refractivity contribution in [2.75, 3.05) is 25.4 Å². The van der Waals surface area contributed by atoms with E-state index in [1.54, 1.807) is 0 Å². The Balaban J connectivity index is 1.72. The third kappa shape index (κ3) is 4.90. The van der Waals surface area contributed by atoms with E-state index in [1.165, 1.54) is 24.0 Å². The highest BCUT2D eigenvalue weighted by Crippen LogP contribution is 2.44. The highest BCUT2D eigenvalue weighted by Gasteiger charge is 2.41. The van der Waals surface area contributed by atoms with Gasteiger partial charge in [0.1, 0.15) is 5.84 Å². The fourth-order valence-corrected chi connectivity index (χ4v) is 3.49. The number of amidine groups is 1. The van der Waals surface area contributed by atoms with Gasteiger partial charge >= 0.3 is 0 Å². The molecule has 0 radical (unpaired) electrons. The van der Waals surface area contributed by atoms with Crippen LogP contribution >= 0.6 is 0 Å². The number of rotatable bonds is 8.